The van der Waals surface area contributed by atoms with Gasteiger partial charge in [-0.25, -0.2) is 4.98 Å². The van der Waals surface area contributed by atoms with Crippen molar-refractivity contribution in [3.63, 3.8) is 0 Å². The Labute approximate surface area is 89.8 Å². The predicted molar refractivity (Wildman–Crippen MR) is 61.0 cm³/mol. The number of hydrogen-bond acceptors (Lipinski definition) is 3. The number of nitrogens with zero attached hydrogens (tertiary/aromatic N) is 1. The molecule has 0 atom stereocenters. The van der Waals surface area contributed by atoms with Gasteiger partial charge in [0.05, 0.1) is 10.7 Å². The van der Waals surface area contributed by atoms with Crippen LogP contribution in [0.2, 0.25) is 0 Å². The number of rotatable bonds is 4. The van der Waals surface area contributed by atoms with Crippen LogP contribution in [0.4, 0.5) is 0 Å². The molecule has 14 heavy (non-hydrogen) atoms. The summed E-state index contributed by atoms with van der Waals surface area (Å²) in [6, 6.07) is 0. The van der Waals surface area contributed by atoms with Crippen LogP contribution >= 0.6 is 11.3 Å². The van der Waals surface area contributed by atoms with E-state index in [9.17, 15) is 0 Å². The van der Waals surface area contributed by atoms with E-state index in [2.05, 4.69) is 24.5 Å². The monoisotopic (exact) mass is 210 g/mol. The Bertz CT molecular complexity index is 313. The summed E-state index contributed by atoms with van der Waals surface area (Å²) < 4.78 is 0. The molecular formula is C11H18N2S. The van der Waals surface area contributed by atoms with E-state index in [-0.39, 0.29) is 0 Å². The molecule has 0 aliphatic heterocycles. The van der Waals surface area contributed by atoms with Crippen molar-refractivity contribution in [3.8, 4) is 0 Å². The van der Waals surface area contributed by atoms with E-state index in [0.29, 0.717) is 11.3 Å². The fourth-order valence-corrected chi connectivity index (χ4v) is 2.77. The number of nitrogens with one attached hydrogen (secondary N) is 1. The van der Waals surface area contributed by atoms with Crippen LogP contribution in [0.3, 0.4) is 0 Å². The Hall–Kier alpha value is -0.410. The summed E-state index contributed by atoms with van der Waals surface area (Å²) in [5.74, 6) is 0.569. The summed E-state index contributed by atoms with van der Waals surface area (Å²) in [4.78, 5) is 4.74. The minimum Gasteiger partial charge on any atom is -0.319 e. The molecule has 1 fully saturated rings. The average molecular weight is 210 g/mol. The first-order valence-electron chi connectivity index (χ1n) is 5.28. The Morgan fingerprint density at radius 2 is 2.29 bits per heavy atom. The van der Waals surface area contributed by atoms with Crippen molar-refractivity contribution in [3.05, 3.63) is 16.1 Å². The Morgan fingerprint density at radius 1 is 1.57 bits per heavy atom. The van der Waals surface area contributed by atoms with Crippen LogP contribution in [-0.2, 0) is 5.41 Å². The molecule has 1 saturated carbocycles. The maximum Gasteiger partial charge on any atom is 0.0953 e. The van der Waals surface area contributed by atoms with Crippen molar-refractivity contribution in [2.45, 2.75) is 38.0 Å². The van der Waals surface area contributed by atoms with Gasteiger partial charge < -0.3 is 5.32 Å². The van der Waals surface area contributed by atoms with Gasteiger partial charge in [-0.15, -0.1) is 11.3 Å². The fourth-order valence-electron chi connectivity index (χ4n) is 1.81. The molecule has 3 heteroatoms. The third-order valence-corrected chi connectivity index (χ3v) is 4.07. The minimum absolute atomic E-state index is 0.387. The van der Waals surface area contributed by atoms with E-state index in [0.717, 1.165) is 6.54 Å². The number of hydrogen-bond donors (Lipinski definition) is 1. The molecule has 2 rings (SSSR count). The van der Waals surface area contributed by atoms with Crippen molar-refractivity contribution in [2.24, 2.45) is 0 Å². The van der Waals surface area contributed by atoms with Crippen LogP contribution in [0.25, 0.3) is 0 Å². The van der Waals surface area contributed by atoms with Gasteiger partial charge in [0.2, 0.25) is 0 Å². The average Bonchev–Trinajstić information content (AvgIpc) is 2.77. The van der Waals surface area contributed by atoms with Gasteiger partial charge in [-0.1, -0.05) is 13.8 Å². The van der Waals surface area contributed by atoms with E-state index < -0.39 is 0 Å². The number of thiazole rings is 1. The lowest BCUT2D eigenvalue weighted by molar-refractivity contribution is 0.607. The lowest BCUT2D eigenvalue weighted by Gasteiger charge is -2.10. The molecule has 0 bridgehead atoms. The van der Waals surface area contributed by atoms with Crippen molar-refractivity contribution in [2.75, 3.05) is 13.6 Å². The summed E-state index contributed by atoms with van der Waals surface area (Å²) in [5, 5.41) is 6.80. The van der Waals surface area contributed by atoms with Gasteiger partial charge in [-0.2, -0.15) is 0 Å². The summed E-state index contributed by atoms with van der Waals surface area (Å²) >= 11 is 1.81. The molecule has 2 nitrogen and oxygen atoms in total. The largest absolute Gasteiger partial charge is 0.319 e. The van der Waals surface area contributed by atoms with Crippen LogP contribution in [0.15, 0.2) is 5.38 Å². The Morgan fingerprint density at radius 3 is 2.71 bits per heavy atom. The topological polar surface area (TPSA) is 24.9 Å². The first-order chi connectivity index (χ1) is 6.68. The lowest BCUT2D eigenvalue weighted by Crippen LogP contribution is -2.23. The highest BCUT2D eigenvalue weighted by molar-refractivity contribution is 7.09. The summed E-state index contributed by atoms with van der Waals surface area (Å²) in [6.07, 6.45) is 2.60. The van der Waals surface area contributed by atoms with E-state index >= 15 is 0 Å². The molecule has 1 N–H and O–H groups in total. The Kier molecular flexibility index (Phi) is 2.62. The van der Waals surface area contributed by atoms with Crippen LogP contribution in [0.5, 0.6) is 0 Å². The quantitative estimate of drug-likeness (QED) is 0.826. The van der Waals surface area contributed by atoms with Gasteiger partial charge in [-0.3, -0.25) is 0 Å². The SMILES string of the molecule is CNCC1(c2csc(C(C)C)n2)CC1. The molecule has 0 aromatic carbocycles. The van der Waals surface area contributed by atoms with Gasteiger partial charge >= 0.3 is 0 Å². The molecule has 1 aromatic heterocycles. The highest BCUT2D eigenvalue weighted by Crippen LogP contribution is 2.47. The van der Waals surface area contributed by atoms with Crippen molar-refractivity contribution < 1.29 is 0 Å². The van der Waals surface area contributed by atoms with E-state index in [1.165, 1.54) is 23.5 Å². The second kappa shape index (κ2) is 3.63. The maximum atomic E-state index is 4.74. The molecule has 0 unspecified atom stereocenters. The van der Waals surface area contributed by atoms with Gasteiger partial charge in [0, 0.05) is 23.3 Å². The lowest BCUT2D eigenvalue weighted by atomic mass is 10.0. The second-order valence-corrected chi connectivity index (χ2v) is 5.43. The Balaban J connectivity index is 2.16. The second-order valence-electron chi connectivity index (χ2n) is 4.54. The summed E-state index contributed by atoms with van der Waals surface area (Å²) in [7, 11) is 2.02. The van der Waals surface area contributed by atoms with Gasteiger partial charge in [0.15, 0.2) is 0 Å². The molecule has 1 aromatic rings. The number of likely N-dealkylation sites (N-methyl/N-ethyl adjacent to an activating group) is 1. The van der Waals surface area contributed by atoms with Crippen LogP contribution in [0.1, 0.15) is 43.3 Å². The van der Waals surface area contributed by atoms with Crippen molar-refractivity contribution >= 4 is 11.3 Å². The van der Waals surface area contributed by atoms with Gasteiger partial charge in [0.1, 0.15) is 0 Å². The molecular weight excluding hydrogens is 192 g/mol. The summed E-state index contributed by atoms with van der Waals surface area (Å²) in [6.45, 7) is 5.49. The molecule has 78 valence electrons. The van der Waals surface area contributed by atoms with Crippen molar-refractivity contribution in [1.82, 2.24) is 10.3 Å². The minimum atomic E-state index is 0.387. The first kappa shape index (κ1) is 10.1. The predicted octanol–water partition coefficient (Wildman–Crippen LogP) is 2.52. The third kappa shape index (κ3) is 1.71. The zero-order valence-corrected chi connectivity index (χ0v) is 9.95. The number of aromatic nitrogens is 1. The van der Waals surface area contributed by atoms with Gasteiger partial charge in [0.25, 0.3) is 0 Å². The molecule has 1 aliphatic carbocycles. The normalized spacial score (nSPS) is 18.9. The van der Waals surface area contributed by atoms with Crippen LogP contribution < -0.4 is 5.32 Å². The standard InChI is InChI=1S/C11H18N2S/c1-8(2)10-13-9(6-14-10)11(4-5-11)7-12-3/h6,8,12H,4-5,7H2,1-3H3. The first-order valence-corrected chi connectivity index (χ1v) is 6.16. The van der Waals surface area contributed by atoms with E-state index in [4.69, 9.17) is 4.98 Å². The third-order valence-electron chi connectivity index (χ3n) is 2.93. The highest BCUT2D eigenvalue weighted by atomic mass is 32.1. The molecule has 0 saturated heterocycles. The van der Waals surface area contributed by atoms with Gasteiger partial charge in [-0.05, 0) is 19.9 Å². The van der Waals surface area contributed by atoms with Crippen LogP contribution in [-0.4, -0.2) is 18.6 Å². The molecule has 0 radical (unpaired) electrons. The molecule has 1 heterocycles. The highest BCUT2D eigenvalue weighted by Gasteiger charge is 2.45. The molecule has 0 spiro atoms. The fraction of sp³-hybridized carbons (Fsp3) is 0.727. The van der Waals surface area contributed by atoms with Crippen LogP contribution in [0, 0.1) is 0 Å². The maximum absolute atomic E-state index is 4.74. The van der Waals surface area contributed by atoms with E-state index in [1.807, 2.05) is 18.4 Å². The van der Waals surface area contributed by atoms with E-state index in [1.54, 1.807) is 0 Å². The zero-order chi connectivity index (χ0) is 10.2. The molecule has 0 amide bonds. The molecule has 1 aliphatic rings. The smallest absolute Gasteiger partial charge is 0.0953 e. The summed E-state index contributed by atoms with van der Waals surface area (Å²) in [5.41, 5.74) is 1.71. The zero-order valence-electron chi connectivity index (χ0n) is 9.13. The van der Waals surface area contributed by atoms with Crippen molar-refractivity contribution in [1.29, 1.82) is 0 Å².